The van der Waals surface area contributed by atoms with E-state index in [1.54, 1.807) is 31.2 Å². The molecule has 1 aromatic rings. The van der Waals surface area contributed by atoms with Crippen molar-refractivity contribution in [1.82, 2.24) is 10.6 Å². The van der Waals surface area contributed by atoms with Crippen LogP contribution in [0.3, 0.4) is 0 Å². The minimum absolute atomic E-state index is 0.343. The van der Waals surface area contributed by atoms with Crippen molar-refractivity contribution in [1.29, 1.82) is 0 Å². The summed E-state index contributed by atoms with van der Waals surface area (Å²) in [6.07, 6.45) is 0. The highest BCUT2D eigenvalue weighted by Crippen LogP contribution is 2.31. The van der Waals surface area contributed by atoms with Crippen molar-refractivity contribution in [2.24, 2.45) is 0 Å². The molecule has 2 N–H and O–H groups in total. The number of esters is 1. The van der Waals surface area contributed by atoms with Crippen molar-refractivity contribution >= 4 is 23.6 Å². The topological polar surface area (TPSA) is 67.4 Å². The molecule has 0 fully saturated rings. The van der Waals surface area contributed by atoms with Gasteiger partial charge in [0.05, 0.1) is 18.7 Å². The van der Waals surface area contributed by atoms with E-state index < -0.39 is 12.0 Å². The Morgan fingerprint density at radius 1 is 1.37 bits per heavy atom. The molecule has 0 spiro atoms. The van der Waals surface area contributed by atoms with Gasteiger partial charge in [0.15, 0.2) is 0 Å². The van der Waals surface area contributed by atoms with Crippen LogP contribution in [0.15, 0.2) is 35.5 Å². The van der Waals surface area contributed by atoms with Crippen molar-refractivity contribution in [2.75, 3.05) is 7.11 Å². The number of rotatable bonds is 2. The van der Waals surface area contributed by atoms with Crippen molar-refractivity contribution in [3.8, 4) is 0 Å². The number of halogens is 1. The third-order valence-electron chi connectivity index (χ3n) is 2.89. The highest BCUT2D eigenvalue weighted by Gasteiger charge is 2.32. The average molecular weight is 281 g/mol. The van der Waals surface area contributed by atoms with Crippen LogP contribution < -0.4 is 10.6 Å². The predicted molar refractivity (Wildman–Crippen MR) is 70.6 cm³/mol. The largest absolute Gasteiger partial charge is 0.466 e. The number of benzene rings is 1. The van der Waals surface area contributed by atoms with Crippen LogP contribution in [-0.2, 0) is 9.53 Å². The van der Waals surface area contributed by atoms with Crippen molar-refractivity contribution in [3.05, 3.63) is 46.1 Å². The summed E-state index contributed by atoms with van der Waals surface area (Å²) >= 11 is 6.12. The van der Waals surface area contributed by atoms with Crippen LogP contribution in [0.25, 0.3) is 0 Å². The van der Waals surface area contributed by atoms with Gasteiger partial charge in [0.2, 0.25) is 0 Å². The van der Waals surface area contributed by atoms with Crippen molar-refractivity contribution in [2.45, 2.75) is 13.0 Å². The molecule has 100 valence electrons. The number of urea groups is 1. The lowest BCUT2D eigenvalue weighted by Crippen LogP contribution is -2.45. The minimum Gasteiger partial charge on any atom is -0.466 e. The van der Waals surface area contributed by atoms with Gasteiger partial charge in [0.1, 0.15) is 0 Å². The van der Waals surface area contributed by atoms with E-state index >= 15 is 0 Å². The highest BCUT2D eigenvalue weighted by atomic mass is 35.5. The molecule has 19 heavy (non-hydrogen) atoms. The van der Waals surface area contributed by atoms with Crippen molar-refractivity contribution < 1.29 is 14.3 Å². The Bertz CT molecular complexity index is 569. The van der Waals surface area contributed by atoms with Gasteiger partial charge >= 0.3 is 12.0 Å². The standard InChI is InChI=1S/C13H13ClN2O3/c1-7-10(12(17)19-2)11(16-13(18)15-7)8-5-3-4-6-9(8)14/h3-6,11H,1-2H3,(H2,15,16,18)/t11-/m0/s1. The van der Waals surface area contributed by atoms with Gasteiger partial charge in [-0.3, -0.25) is 0 Å². The first-order valence-electron chi connectivity index (χ1n) is 5.65. The fourth-order valence-electron chi connectivity index (χ4n) is 2.02. The summed E-state index contributed by atoms with van der Waals surface area (Å²) < 4.78 is 4.76. The Kier molecular flexibility index (Phi) is 3.76. The van der Waals surface area contributed by atoms with Crippen LogP contribution in [0, 0.1) is 0 Å². The van der Waals surface area contributed by atoms with E-state index in [-0.39, 0.29) is 6.03 Å². The van der Waals surface area contributed by atoms with Gasteiger partial charge in [-0.15, -0.1) is 0 Å². The lowest BCUT2D eigenvalue weighted by molar-refractivity contribution is -0.136. The summed E-state index contributed by atoms with van der Waals surface area (Å²) in [6, 6.07) is 6.04. The maximum atomic E-state index is 11.9. The molecule has 0 aliphatic carbocycles. The molecule has 1 aliphatic heterocycles. The Morgan fingerprint density at radius 3 is 2.68 bits per heavy atom. The Balaban J connectivity index is 2.53. The van der Waals surface area contributed by atoms with Crippen molar-refractivity contribution in [3.63, 3.8) is 0 Å². The molecule has 5 nitrogen and oxygen atoms in total. The summed E-state index contributed by atoms with van der Waals surface area (Å²) in [5, 5.41) is 5.70. The number of carbonyl (C=O) groups excluding carboxylic acids is 2. The number of amides is 2. The molecule has 0 unspecified atom stereocenters. The maximum absolute atomic E-state index is 11.9. The zero-order chi connectivity index (χ0) is 14.0. The third kappa shape index (κ3) is 2.56. The van der Waals surface area contributed by atoms with Crippen LogP contribution >= 0.6 is 11.6 Å². The van der Waals surface area contributed by atoms with E-state index in [1.165, 1.54) is 7.11 Å². The molecule has 0 aromatic heterocycles. The molecular formula is C13H13ClN2O3. The average Bonchev–Trinajstić information content (AvgIpc) is 2.37. The lowest BCUT2D eigenvalue weighted by atomic mass is 9.95. The summed E-state index contributed by atoms with van der Waals surface area (Å²) in [5.74, 6) is -0.505. The van der Waals surface area contributed by atoms with E-state index in [2.05, 4.69) is 10.6 Å². The van der Waals surface area contributed by atoms with E-state index in [4.69, 9.17) is 16.3 Å². The first-order chi connectivity index (χ1) is 9.04. The molecule has 0 saturated carbocycles. The van der Waals surface area contributed by atoms with E-state index in [0.717, 1.165) is 0 Å². The first kappa shape index (κ1) is 13.4. The Morgan fingerprint density at radius 2 is 2.05 bits per heavy atom. The molecule has 1 atom stereocenters. The summed E-state index contributed by atoms with van der Waals surface area (Å²) in [7, 11) is 1.29. The van der Waals surface area contributed by atoms with Gasteiger partial charge in [-0.05, 0) is 18.6 Å². The van der Waals surface area contributed by atoms with E-state index in [1.807, 2.05) is 0 Å². The maximum Gasteiger partial charge on any atom is 0.337 e. The van der Waals surface area contributed by atoms with E-state index in [0.29, 0.717) is 21.9 Å². The molecule has 0 saturated heterocycles. The van der Waals surface area contributed by atoms with Crippen LogP contribution in [0.1, 0.15) is 18.5 Å². The van der Waals surface area contributed by atoms with Crippen LogP contribution in [0.5, 0.6) is 0 Å². The fourth-order valence-corrected chi connectivity index (χ4v) is 2.26. The van der Waals surface area contributed by atoms with Gasteiger partial charge in [0.25, 0.3) is 0 Å². The van der Waals surface area contributed by atoms with Crippen LogP contribution in [-0.4, -0.2) is 19.1 Å². The monoisotopic (exact) mass is 280 g/mol. The minimum atomic E-state index is -0.616. The zero-order valence-corrected chi connectivity index (χ0v) is 11.2. The molecule has 6 heteroatoms. The summed E-state index contributed by atoms with van der Waals surface area (Å²) in [5.41, 5.74) is 1.45. The highest BCUT2D eigenvalue weighted by molar-refractivity contribution is 6.31. The van der Waals surface area contributed by atoms with Gasteiger partial charge in [-0.25, -0.2) is 9.59 Å². The molecule has 1 aromatic carbocycles. The molecule has 2 rings (SSSR count). The smallest absolute Gasteiger partial charge is 0.337 e. The number of allylic oxidation sites excluding steroid dienone is 1. The number of carbonyl (C=O) groups is 2. The molecule has 1 aliphatic rings. The van der Waals surface area contributed by atoms with Crippen LogP contribution in [0.4, 0.5) is 4.79 Å². The van der Waals surface area contributed by atoms with Gasteiger partial charge < -0.3 is 15.4 Å². The van der Waals surface area contributed by atoms with Gasteiger partial charge in [-0.2, -0.15) is 0 Å². The predicted octanol–water partition coefficient (Wildman–Crippen LogP) is 2.14. The Hall–Kier alpha value is -2.01. The Labute approximate surface area is 115 Å². The SMILES string of the molecule is COC(=O)C1=C(C)NC(=O)N[C@H]1c1ccccc1Cl. The molecule has 0 bridgehead atoms. The van der Waals surface area contributed by atoms with Crippen LogP contribution in [0.2, 0.25) is 5.02 Å². The number of ether oxygens (including phenoxy) is 1. The second kappa shape index (κ2) is 5.32. The number of nitrogens with one attached hydrogen (secondary N) is 2. The normalized spacial score (nSPS) is 18.7. The number of hydrogen-bond acceptors (Lipinski definition) is 3. The van der Waals surface area contributed by atoms with Gasteiger partial charge in [-0.1, -0.05) is 29.8 Å². The summed E-state index contributed by atoms with van der Waals surface area (Å²) in [4.78, 5) is 23.4. The zero-order valence-electron chi connectivity index (χ0n) is 10.5. The first-order valence-corrected chi connectivity index (χ1v) is 6.03. The second-order valence-corrected chi connectivity index (χ2v) is 4.49. The summed E-state index contributed by atoms with van der Waals surface area (Å²) in [6.45, 7) is 1.65. The number of methoxy groups -OCH3 is 1. The van der Waals surface area contributed by atoms with E-state index in [9.17, 15) is 9.59 Å². The third-order valence-corrected chi connectivity index (χ3v) is 3.23. The molecular weight excluding hydrogens is 268 g/mol. The van der Waals surface area contributed by atoms with Gasteiger partial charge in [0, 0.05) is 10.7 Å². The molecule has 2 amide bonds. The number of hydrogen-bond donors (Lipinski definition) is 2. The lowest BCUT2D eigenvalue weighted by Gasteiger charge is -2.28. The molecule has 1 heterocycles. The quantitative estimate of drug-likeness (QED) is 0.816. The fraction of sp³-hybridized carbons (Fsp3) is 0.231. The second-order valence-electron chi connectivity index (χ2n) is 4.08. The molecule has 0 radical (unpaired) electrons.